The molecule has 27 heavy (non-hydrogen) atoms. The van der Waals surface area contributed by atoms with E-state index in [4.69, 9.17) is 5.41 Å². The van der Waals surface area contributed by atoms with Gasteiger partial charge in [0.2, 0.25) is 0 Å². The van der Waals surface area contributed by atoms with E-state index in [2.05, 4.69) is 34.7 Å². The Balaban J connectivity index is 1.70. The van der Waals surface area contributed by atoms with Gasteiger partial charge in [-0.15, -0.1) is 0 Å². The van der Waals surface area contributed by atoms with Crippen LogP contribution < -0.4 is 0 Å². The minimum absolute atomic E-state index is 0.191. The zero-order chi connectivity index (χ0) is 19.1. The topological polar surface area (TPSA) is 61.5 Å². The summed E-state index contributed by atoms with van der Waals surface area (Å²) in [6.45, 7) is 6.81. The summed E-state index contributed by atoms with van der Waals surface area (Å²) < 4.78 is 2.23. The van der Waals surface area contributed by atoms with E-state index in [1.807, 2.05) is 37.5 Å². The van der Waals surface area contributed by atoms with E-state index in [0.717, 1.165) is 29.2 Å². The van der Waals surface area contributed by atoms with Gasteiger partial charge in [-0.3, -0.25) is 15.1 Å². The number of aliphatic imine (C=N–C) groups is 1. The normalized spacial score (nSPS) is 18.0. The summed E-state index contributed by atoms with van der Waals surface area (Å²) in [5, 5.41) is 11.0. The third kappa shape index (κ3) is 3.06. The first-order valence-electron chi connectivity index (χ1n) is 8.73. The number of aryl methyl sites for hydroxylation is 1. The molecule has 3 heterocycles. The standard InChI is InChI=1S/C21H20N4OS/c1-13-9-17(15(3)24(13)11-16-7-5-4-6-8-16)10-18-19(22)25-14(2)12-27-21(25)23-20(18)26/h4-10,12,22H,11H2,1-3H3/b18-10-,22-19?. The highest BCUT2D eigenvalue weighted by atomic mass is 32.2. The van der Waals surface area contributed by atoms with Gasteiger partial charge in [-0.05, 0) is 49.4 Å². The Morgan fingerprint density at radius 2 is 1.93 bits per heavy atom. The monoisotopic (exact) mass is 376 g/mol. The fourth-order valence-electron chi connectivity index (χ4n) is 3.38. The molecular formula is C21H20N4OS. The lowest BCUT2D eigenvalue weighted by Crippen LogP contribution is -2.37. The number of carbonyl (C=O) groups is 1. The van der Waals surface area contributed by atoms with Crippen LogP contribution in [0.1, 0.15) is 29.4 Å². The second-order valence-corrected chi connectivity index (χ2v) is 7.55. The Kier molecular flexibility index (Phi) is 4.36. The molecule has 0 radical (unpaired) electrons. The van der Waals surface area contributed by atoms with Gasteiger partial charge in [0.05, 0.1) is 5.57 Å². The largest absolute Gasteiger partial charge is 0.344 e. The molecule has 1 aromatic carbocycles. The van der Waals surface area contributed by atoms with Gasteiger partial charge in [0.25, 0.3) is 5.91 Å². The summed E-state index contributed by atoms with van der Waals surface area (Å²) in [5.41, 5.74) is 5.61. The van der Waals surface area contributed by atoms with Crippen LogP contribution in [0.15, 0.2) is 58.1 Å². The number of carbonyl (C=O) groups excluding carboxylic acids is 1. The first-order chi connectivity index (χ1) is 13.0. The molecule has 0 saturated carbocycles. The van der Waals surface area contributed by atoms with Crippen molar-refractivity contribution in [3.8, 4) is 0 Å². The summed E-state index contributed by atoms with van der Waals surface area (Å²) in [7, 11) is 0. The molecule has 2 aliphatic heterocycles. The molecule has 4 rings (SSSR count). The van der Waals surface area contributed by atoms with Crippen LogP contribution in [0.5, 0.6) is 0 Å². The third-order valence-electron chi connectivity index (χ3n) is 4.88. The van der Waals surface area contributed by atoms with Gasteiger partial charge in [-0.25, -0.2) is 0 Å². The maximum Gasteiger partial charge on any atom is 0.283 e. The molecule has 0 spiro atoms. The lowest BCUT2D eigenvalue weighted by Gasteiger charge is -2.25. The molecule has 0 aliphatic carbocycles. The van der Waals surface area contributed by atoms with Crippen LogP contribution in [0.3, 0.4) is 0 Å². The van der Waals surface area contributed by atoms with Crippen LogP contribution in [0.2, 0.25) is 0 Å². The zero-order valence-corrected chi connectivity index (χ0v) is 16.3. The Bertz CT molecular complexity index is 1040. The number of benzene rings is 1. The molecular weight excluding hydrogens is 356 g/mol. The van der Waals surface area contributed by atoms with Crippen molar-refractivity contribution in [3.05, 3.63) is 75.6 Å². The van der Waals surface area contributed by atoms with E-state index >= 15 is 0 Å². The fourth-order valence-corrected chi connectivity index (χ4v) is 4.24. The summed E-state index contributed by atoms with van der Waals surface area (Å²) in [5.74, 6) is -0.161. The van der Waals surface area contributed by atoms with Gasteiger partial charge >= 0.3 is 0 Å². The second-order valence-electron chi connectivity index (χ2n) is 6.72. The van der Waals surface area contributed by atoms with Gasteiger partial charge in [-0.2, -0.15) is 4.99 Å². The minimum Gasteiger partial charge on any atom is -0.344 e. The van der Waals surface area contributed by atoms with Gasteiger partial charge in [0.1, 0.15) is 5.84 Å². The van der Waals surface area contributed by atoms with Crippen molar-refractivity contribution in [2.24, 2.45) is 4.99 Å². The van der Waals surface area contributed by atoms with Crippen molar-refractivity contribution >= 4 is 34.7 Å². The SMILES string of the molecule is CC1=CSC2=NC(=O)/C(=C\c3cc(C)n(Cc4ccccc4)c3C)C(=N)N12. The number of rotatable bonds is 3. The molecule has 0 atom stereocenters. The average molecular weight is 376 g/mol. The molecule has 1 N–H and O–H groups in total. The number of amidine groups is 2. The third-order valence-corrected chi connectivity index (χ3v) is 5.82. The van der Waals surface area contributed by atoms with E-state index in [1.54, 1.807) is 11.0 Å². The van der Waals surface area contributed by atoms with Crippen molar-refractivity contribution in [3.63, 3.8) is 0 Å². The fraction of sp³-hybridized carbons (Fsp3) is 0.190. The lowest BCUT2D eigenvalue weighted by molar-refractivity contribution is -0.114. The molecule has 2 aliphatic rings. The predicted molar refractivity (Wildman–Crippen MR) is 111 cm³/mol. The summed E-state index contributed by atoms with van der Waals surface area (Å²) in [4.78, 5) is 18.4. The van der Waals surface area contributed by atoms with Crippen LogP contribution in [0.4, 0.5) is 0 Å². The molecule has 5 nitrogen and oxygen atoms in total. The number of nitrogens with one attached hydrogen (secondary N) is 1. The van der Waals surface area contributed by atoms with Crippen molar-refractivity contribution in [1.29, 1.82) is 5.41 Å². The molecule has 2 aromatic rings. The molecule has 0 fully saturated rings. The van der Waals surface area contributed by atoms with Gasteiger partial charge in [0.15, 0.2) is 5.17 Å². The quantitative estimate of drug-likeness (QED) is 0.812. The average Bonchev–Trinajstić information content (AvgIpc) is 3.14. The van der Waals surface area contributed by atoms with Crippen molar-refractivity contribution in [1.82, 2.24) is 9.47 Å². The maximum atomic E-state index is 12.5. The van der Waals surface area contributed by atoms with Crippen LogP contribution in [0, 0.1) is 19.3 Å². The number of thioether (sulfide) groups is 1. The van der Waals surface area contributed by atoms with Gasteiger partial charge in [-0.1, -0.05) is 42.1 Å². The molecule has 136 valence electrons. The Morgan fingerprint density at radius 1 is 1.19 bits per heavy atom. The lowest BCUT2D eigenvalue weighted by atomic mass is 10.1. The highest BCUT2D eigenvalue weighted by molar-refractivity contribution is 8.16. The number of nitrogens with zero attached hydrogens (tertiary/aromatic N) is 3. The molecule has 0 unspecified atom stereocenters. The Morgan fingerprint density at radius 3 is 2.67 bits per heavy atom. The molecule has 1 aromatic heterocycles. The first kappa shape index (κ1) is 17.5. The van der Waals surface area contributed by atoms with Crippen LogP contribution in [0.25, 0.3) is 6.08 Å². The van der Waals surface area contributed by atoms with Crippen LogP contribution >= 0.6 is 11.8 Å². The number of amides is 1. The van der Waals surface area contributed by atoms with E-state index < -0.39 is 0 Å². The van der Waals surface area contributed by atoms with Crippen molar-refractivity contribution in [2.75, 3.05) is 0 Å². The highest BCUT2D eigenvalue weighted by Gasteiger charge is 2.34. The van der Waals surface area contributed by atoms with Crippen molar-refractivity contribution < 1.29 is 4.79 Å². The van der Waals surface area contributed by atoms with E-state index in [0.29, 0.717) is 10.7 Å². The zero-order valence-electron chi connectivity index (χ0n) is 15.5. The Labute approximate surface area is 162 Å². The number of fused-ring (bicyclic) bond motifs is 1. The Hall–Kier alpha value is -2.86. The predicted octanol–water partition coefficient (Wildman–Crippen LogP) is 4.32. The number of allylic oxidation sites excluding steroid dienone is 1. The number of aromatic nitrogens is 1. The van der Waals surface area contributed by atoms with Gasteiger partial charge in [0, 0.05) is 23.6 Å². The smallest absolute Gasteiger partial charge is 0.283 e. The van der Waals surface area contributed by atoms with Crippen molar-refractivity contribution in [2.45, 2.75) is 27.3 Å². The number of hydrogen-bond donors (Lipinski definition) is 1. The van der Waals surface area contributed by atoms with E-state index in [1.165, 1.54) is 17.3 Å². The van der Waals surface area contributed by atoms with Crippen LogP contribution in [-0.4, -0.2) is 26.4 Å². The molecule has 0 bridgehead atoms. The molecule has 1 amide bonds. The summed E-state index contributed by atoms with van der Waals surface area (Å²) >= 11 is 1.38. The number of hydrogen-bond acceptors (Lipinski definition) is 3. The highest BCUT2D eigenvalue weighted by Crippen LogP contribution is 2.32. The van der Waals surface area contributed by atoms with E-state index in [9.17, 15) is 4.79 Å². The summed E-state index contributed by atoms with van der Waals surface area (Å²) in [6.07, 6.45) is 1.80. The van der Waals surface area contributed by atoms with Gasteiger partial charge < -0.3 is 4.57 Å². The second kappa shape index (κ2) is 6.70. The van der Waals surface area contributed by atoms with E-state index in [-0.39, 0.29) is 11.7 Å². The maximum absolute atomic E-state index is 12.5. The molecule has 0 saturated heterocycles. The molecule has 6 heteroatoms. The van der Waals surface area contributed by atoms with Crippen LogP contribution in [-0.2, 0) is 11.3 Å². The minimum atomic E-state index is -0.352. The summed E-state index contributed by atoms with van der Waals surface area (Å²) in [6, 6.07) is 12.4. The first-order valence-corrected chi connectivity index (χ1v) is 9.61.